The van der Waals surface area contributed by atoms with E-state index in [1.165, 1.54) is 0 Å². The second-order valence-corrected chi connectivity index (χ2v) is 7.41. The fourth-order valence-electron chi connectivity index (χ4n) is 2.87. The van der Waals surface area contributed by atoms with Crippen LogP contribution in [-0.2, 0) is 6.42 Å². The Balaban J connectivity index is 1.66. The smallest absolute Gasteiger partial charge is 0.259 e. The van der Waals surface area contributed by atoms with Crippen LogP contribution in [0.2, 0.25) is 5.02 Å². The summed E-state index contributed by atoms with van der Waals surface area (Å²) in [4.78, 5) is 8.81. The van der Waals surface area contributed by atoms with Gasteiger partial charge in [0, 0.05) is 28.8 Å². The quantitative estimate of drug-likeness (QED) is 0.737. The second kappa shape index (κ2) is 6.07. The van der Waals surface area contributed by atoms with E-state index in [1.807, 2.05) is 45.0 Å². The molecule has 2 aromatic heterocycles. The molecule has 0 bridgehead atoms. The fourth-order valence-corrected chi connectivity index (χ4v) is 2.98. The number of ether oxygens (including phenoxy) is 1. The third kappa shape index (κ3) is 2.95. The highest BCUT2D eigenvalue weighted by molar-refractivity contribution is 6.31. The van der Waals surface area contributed by atoms with Crippen LogP contribution >= 0.6 is 11.6 Å². The van der Waals surface area contributed by atoms with E-state index in [9.17, 15) is 5.11 Å². The number of hydrogen-bond acceptors (Lipinski definition) is 6. The highest BCUT2D eigenvalue weighted by Crippen LogP contribution is 2.34. The molecule has 134 valence electrons. The minimum atomic E-state index is -0.661. The Hall–Kier alpha value is -2.44. The van der Waals surface area contributed by atoms with E-state index in [0.29, 0.717) is 34.6 Å². The van der Waals surface area contributed by atoms with Crippen molar-refractivity contribution >= 4 is 11.6 Å². The predicted molar refractivity (Wildman–Crippen MR) is 97.1 cm³/mol. The van der Waals surface area contributed by atoms with Crippen LogP contribution in [0, 0.1) is 6.92 Å². The molecule has 1 aliphatic rings. The number of aryl methyl sites for hydroxylation is 1. The molecule has 6 nitrogen and oxygen atoms in total. The summed E-state index contributed by atoms with van der Waals surface area (Å²) in [5, 5.41) is 15.0. The third-order valence-corrected chi connectivity index (χ3v) is 5.01. The van der Waals surface area contributed by atoms with Crippen molar-refractivity contribution < 1.29 is 14.4 Å². The molecule has 0 fully saturated rings. The maximum absolute atomic E-state index is 10.2. The molecule has 0 saturated carbocycles. The molecule has 0 radical (unpaired) electrons. The maximum Gasteiger partial charge on any atom is 0.259 e. The molecular weight excluding hydrogens is 354 g/mol. The summed E-state index contributed by atoms with van der Waals surface area (Å²) in [7, 11) is 0. The number of benzene rings is 1. The van der Waals surface area contributed by atoms with Gasteiger partial charge in [-0.25, -0.2) is 4.98 Å². The summed E-state index contributed by atoms with van der Waals surface area (Å²) in [6, 6.07) is 7.43. The summed E-state index contributed by atoms with van der Waals surface area (Å²) >= 11 is 6.06. The molecule has 1 aromatic carbocycles. The first-order chi connectivity index (χ1) is 12.3. The molecule has 0 spiro atoms. The van der Waals surface area contributed by atoms with E-state index in [-0.39, 0.29) is 0 Å². The Bertz CT molecular complexity index is 984. The summed E-state index contributed by atoms with van der Waals surface area (Å²) in [5.74, 6) is 1.37. The van der Waals surface area contributed by atoms with Gasteiger partial charge in [-0.2, -0.15) is 4.98 Å². The second-order valence-electron chi connectivity index (χ2n) is 7.00. The first kappa shape index (κ1) is 17.0. The van der Waals surface area contributed by atoms with E-state index in [4.69, 9.17) is 20.9 Å². The molecule has 1 atom stereocenters. The lowest BCUT2D eigenvalue weighted by atomic mass is 9.92. The molecular formula is C19H18ClN3O3. The van der Waals surface area contributed by atoms with Gasteiger partial charge in [-0.1, -0.05) is 16.8 Å². The Morgan fingerprint density at radius 2 is 2.04 bits per heavy atom. The van der Waals surface area contributed by atoms with Crippen molar-refractivity contribution in [3.05, 3.63) is 46.6 Å². The Morgan fingerprint density at radius 3 is 2.81 bits per heavy atom. The number of aliphatic hydroxyl groups is 1. The molecule has 0 amide bonds. The lowest BCUT2D eigenvalue weighted by Gasteiger charge is -2.36. The monoisotopic (exact) mass is 371 g/mol. The summed E-state index contributed by atoms with van der Waals surface area (Å²) in [5.41, 5.74) is 2.61. The minimum Gasteiger partial charge on any atom is -0.469 e. The van der Waals surface area contributed by atoms with Crippen LogP contribution in [0.3, 0.4) is 0 Å². The van der Waals surface area contributed by atoms with Gasteiger partial charge in [0.2, 0.25) is 11.7 Å². The lowest BCUT2D eigenvalue weighted by Crippen LogP contribution is -2.46. The van der Waals surface area contributed by atoms with Gasteiger partial charge in [-0.3, -0.25) is 0 Å². The van der Waals surface area contributed by atoms with E-state index >= 15 is 0 Å². The van der Waals surface area contributed by atoms with Gasteiger partial charge in [0.1, 0.15) is 5.60 Å². The first-order valence-electron chi connectivity index (χ1n) is 8.30. The van der Waals surface area contributed by atoms with Crippen LogP contribution in [0.1, 0.15) is 25.0 Å². The van der Waals surface area contributed by atoms with Gasteiger partial charge in [0.05, 0.1) is 11.7 Å². The van der Waals surface area contributed by atoms with E-state index < -0.39 is 11.7 Å². The predicted octanol–water partition coefficient (Wildman–Crippen LogP) is 3.83. The zero-order chi connectivity index (χ0) is 18.5. The number of rotatable bonds is 2. The van der Waals surface area contributed by atoms with Crippen molar-refractivity contribution in [2.45, 2.75) is 38.9 Å². The minimum absolute atomic E-state index is 0.363. The molecule has 3 aromatic rings. The highest BCUT2D eigenvalue weighted by Gasteiger charge is 2.36. The normalized spacial score (nSPS) is 18.3. The molecule has 4 rings (SSSR count). The zero-order valence-electron chi connectivity index (χ0n) is 14.7. The number of nitrogens with zero attached hydrogens (tertiary/aromatic N) is 3. The van der Waals surface area contributed by atoms with Gasteiger partial charge >= 0.3 is 0 Å². The van der Waals surface area contributed by atoms with Gasteiger partial charge in [0.25, 0.3) is 5.89 Å². The van der Waals surface area contributed by atoms with Gasteiger partial charge in [-0.05, 0) is 50.6 Å². The Kier molecular flexibility index (Phi) is 3.97. The maximum atomic E-state index is 10.2. The summed E-state index contributed by atoms with van der Waals surface area (Å²) in [6.45, 7) is 5.61. The number of halogens is 1. The van der Waals surface area contributed by atoms with Crippen molar-refractivity contribution in [3.63, 3.8) is 0 Å². The van der Waals surface area contributed by atoms with Gasteiger partial charge in [0.15, 0.2) is 0 Å². The molecule has 0 saturated heterocycles. The van der Waals surface area contributed by atoms with Crippen LogP contribution < -0.4 is 4.74 Å². The largest absolute Gasteiger partial charge is 0.469 e. The molecule has 7 heteroatoms. The van der Waals surface area contributed by atoms with Crippen LogP contribution in [0.25, 0.3) is 22.8 Å². The number of pyridine rings is 1. The van der Waals surface area contributed by atoms with Crippen molar-refractivity contribution in [2.75, 3.05) is 0 Å². The van der Waals surface area contributed by atoms with E-state index in [1.54, 1.807) is 6.20 Å². The molecule has 1 aliphatic heterocycles. The van der Waals surface area contributed by atoms with Gasteiger partial charge < -0.3 is 14.4 Å². The number of hydrogen-bond donors (Lipinski definition) is 1. The summed E-state index contributed by atoms with van der Waals surface area (Å²) < 4.78 is 11.2. The molecule has 26 heavy (non-hydrogen) atoms. The number of fused-ring (bicyclic) bond motifs is 1. The SMILES string of the molecule is Cc1cc(-c2noc(-c3cnc4c(c3)C[C@H](O)C(C)(C)O4)n2)ccc1Cl. The van der Waals surface area contributed by atoms with Crippen LogP contribution in [0.15, 0.2) is 35.0 Å². The zero-order valence-corrected chi connectivity index (χ0v) is 15.4. The molecule has 0 aliphatic carbocycles. The van der Waals surface area contributed by atoms with Gasteiger partial charge in [-0.15, -0.1) is 0 Å². The van der Waals surface area contributed by atoms with Crippen LogP contribution in [0.5, 0.6) is 5.88 Å². The number of aromatic nitrogens is 3. The lowest BCUT2D eigenvalue weighted by molar-refractivity contribution is -0.0442. The highest BCUT2D eigenvalue weighted by atomic mass is 35.5. The average molecular weight is 372 g/mol. The topological polar surface area (TPSA) is 81.3 Å². The molecule has 0 unspecified atom stereocenters. The summed E-state index contributed by atoms with van der Waals surface area (Å²) in [6.07, 6.45) is 1.49. The van der Waals surface area contributed by atoms with E-state index in [2.05, 4.69) is 15.1 Å². The van der Waals surface area contributed by atoms with Crippen molar-refractivity contribution in [1.82, 2.24) is 15.1 Å². The van der Waals surface area contributed by atoms with Crippen LogP contribution in [-0.4, -0.2) is 31.9 Å². The first-order valence-corrected chi connectivity index (χ1v) is 8.68. The number of aliphatic hydroxyl groups excluding tert-OH is 1. The Morgan fingerprint density at radius 1 is 1.23 bits per heavy atom. The van der Waals surface area contributed by atoms with Crippen molar-refractivity contribution in [3.8, 4) is 28.7 Å². The third-order valence-electron chi connectivity index (χ3n) is 4.59. The molecule has 1 N–H and O–H groups in total. The fraction of sp³-hybridized carbons (Fsp3) is 0.316. The van der Waals surface area contributed by atoms with Crippen molar-refractivity contribution in [1.29, 1.82) is 0 Å². The standard InChI is InChI=1S/C19H18ClN3O3/c1-10-6-11(4-5-14(10)20)16-22-18(26-23-16)13-7-12-8-15(24)19(2,3)25-17(12)21-9-13/h4-7,9,15,24H,8H2,1-3H3/t15-/m0/s1. The van der Waals surface area contributed by atoms with E-state index in [0.717, 1.165) is 16.7 Å². The molecule has 3 heterocycles. The van der Waals surface area contributed by atoms with Crippen molar-refractivity contribution in [2.24, 2.45) is 0 Å². The van der Waals surface area contributed by atoms with Crippen LogP contribution in [0.4, 0.5) is 0 Å². The Labute approximate surface area is 155 Å². The average Bonchev–Trinajstić information content (AvgIpc) is 3.08.